The minimum Gasteiger partial charge on any atom is -0.412 e. The van der Waals surface area contributed by atoms with Crippen molar-refractivity contribution >= 4 is 19.2 Å². The first-order chi connectivity index (χ1) is 18.2. The van der Waals surface area contributed by atoms with Gasteiger partial charge in [-0.25, -0.2) is 0 Å². The molecule has 0 aliphatic carbocycles. The molecule has 0 radical (unpaired) electrons. The van der Waals surface area contributed by atoms with Crippen molar-refractivity contribution in [2.24, 2.45) is 5.92 Å². The molecule has 4 aromatic rings. The summed E-state index contributed by atoms with van der Waals surface area (Å²) in [5.41, 5.74) is 6.21. The first kappa shape index (κ1) is 26.8. The molecular formula is C34H42N2OSi. The number of piperidine rings is 1. The van der Waals surface area contributed by atoms with E-state index in [1.54, 1.807) is 0 Å². The van der Waals surface area contributed by atoms with Crippen molar-refractivity contribution in [2.45, 2.75) is 64.4 Å². The first-order valence-electron chi connectivity index (χ1n) is 14.1. The molecule has 4 heteroatoms. The molecule has 1 fully saturated rings. The summed E-state index contributed by atoms with van der Waals surface area (Å²) in [5.74, 6) is 0.532. The molecule has 1 aliphatic rings. The van der Waals surface area contributed by atoms with Crippen LogP contribution in [0.4, 0.5) is 0 Å². The number of likely N-dealkylation sites (tertiary alicyclic amines) is 1. The van der Waals surface area contributed by atoms with Gasteiger partial charge in [0.15, 0.2) is 8.32 Å². The zero-order valence-electron chi connectivity index (χ0n) is 23.7. The molecule has 3 nitrogen and oxygen atoms in total. The molecule has 0 saturated carbocycles. The molecule has 1 aromatic heterocycles. The fraction of sp³-hybridized carbons (Fsp3) is 0.382. The van der Waals surface area contributed by atoms with Crippen molar-refractivity contribution in [2.75, 3.05) is 13.1 Å². The van der Waals surface area contributed by atoms with Crippen LogP contribution in [0.25, 0.3) is 22.0 Å². The van der Waals surface area contributed by atoms with Crippen molar-refractivity contribution in [1.29, 1.82) is 0 Å². The minimum absolute atomic E-state index is 0.203. The normalized spacial score (nSPS) is 19.1. The van der Waals surface area contributed by atoms with E-state index in [0.29, 0.717) is 5.92 Å². The molecule has 1 aliphatic heterocycles. The summed E-state index contributed by atoms with van der Waals surface area (Å²) >= 11 is 0. The summed E-state index contributed by atoms with van der Waals surface area (Å²) in [5, 5.41) is 1.39. The van der Waals surface area contributed by atoms with Crippen LogP contribution in [0.1, 0.15) is 38.3 Å². The highest BCUT2D eigenvalue weighted by atomic mass is 28.4. The number of fused-ring (bicyclic) bond motifs is 1. The van der Waals surface area contributed by atoms with Crippen LogP contribution >= 0.6 is 0 Å². The van der Waals surface area contributed by atoms with Gasteiger partial charge in [-0.15, -0.1) is 0 Å². The Balaban J connectivity index is 1.31. The average molecular weight is 523 g/mol. The molecule has 0 bridgehead atoms. The molecule has 2 atom stereocenters. The van der Waals surface area contributed by atoms with E-state index in [1.807, 2.05) is 12.3 Å². The van der Waals surface area contributed by atoms with Crippen molar-refractivity contribution in [1.82, 2.24) is 9.88 Å². The smallest absolute Gasteiger partial charge is 0.192 e. The third kappa shape index (κ3) is 6.26. The Kier molecular flexibility index (Phi) is 7.85. The summed E-state index contributed by atoms with van der Waals surface area (Å²) in [4.78, 5) is 7.25. The summed E-state index contributed by atoms with van der Waals surface area (Å²) in [7, 11) is -1.88. The fourth-order valence-corrected chi connectivity index (χ4v) is 6.68. The fourth-order valence-electron chi connectivity index (χ4n) is 5.30. The van der Waals surface area contributed by atoms with Gasteiger partial charge in [0, 0.05) is 30.2 Å². The van der Waals surface area contributed by atoms with Crippen molar-refractivity contribution in [3.63, 3.8) is 0 Å². The van der Waals surface area contributed by atoms with Crippen molar-refractivity contribution in [3.05, 3.63) is 102 Å². The molecule has 0 amide bonds. The van der Waals surface area contributed by atoms with Gasteiger partial charge < -0.3 is 4.43 Å². The molecule has 3 aromatic carbocycles. The van der Waals surface area contributed by atoms with Gasteiger partial charge in [0.2, 0.25) is 0 Å². The van der Waals surface area contributed by atoms with Gasteiger partial charge >= 0.3 is 0 Å². The molecule has 198 valence electrons. The van der Waals surface area contributed by atoms with E-state index >= 15 is 0 Å². The molecule has 0 spiro atoms. The third-order valence-electron chi connectivity index (χ3n) is 8.66. The van der Waals surface area contributed by atoms with E-state index in [2.05, 4.69) is 123 Å². The second-order valence-corrected chi connectivity index (χ2v) is 17.3. The predicted octanol–water partition coefficient (Wildman–Crippen LogP) is 8.36. The van der Waals surface area contributed by atoms with Crippen LogP contribution in [0.2, 0.25) is 18.1 Å². The van der Waals surface area contributed by atoms with Gasteiger partial charge in [0.25, 0.3) is 0 Å². The topological polar surface area (TPSA) is 25.4 Å². The lowest BCUT2D eigenvalue weighted by atomic mass is 9.87. The van der Waals surface area contributed by atoms with E-state index in [-0.39, 0.29) is 11.1 Å². The number of nitrogens with zero attached hydrogens (tertiary/aromatic N) is 2. The summed E-state index contributed by atoms with van der Waals surface area (Å²) in [6.07, 6.45) is 4.48. The minimum atomic E-state index is -1.88. The zero-order valence-corrected chi connectivity index (χ0v) is 24.7. The van der Waals surface area contributed by atoms with Gasteiger partial charge in [-0.3, -0.25) is 9.88 Å². The van der Waals surface area contributed by atoms with Crippen LogP contribution in [0.3, 0.4) is 0 Å². The number of benzene rings is 3. The Morgan fingerprint density at radius 2 is 1.58 bits per heavy atom. The van der Waals surface area contributed by atoms with E-state index in [4.69, 9.17) is 4.43 Å². The largest absolute Gasteiger partial charge is 0.412 e. The Morgan fingerprint density at radius 3 is 2.32 bits per heavy atom. The van der Waals surface area contributed by atoms with Crippen LogP contribution in [0, 0.1) is 5.92 Å². The second-order valence-electron chi connectivity index (χ2n) is 12.5. The standard InChI is InChI=1S/C34H42N2OSi/c1-34(2,3)38(4,5)37-33-25-36(24-27-11-7-6-8-12-27)20-19-30(33)21-26-15-17-28(18-16-26)31-22-29-13-9-10-14-32(29)35-23-31/h6-18,22-23,30,33H,19-21,24-25H2,1-5H3/t30-,33+/m1/s1. The molecule has 2 heterocycles. The molecule has 38 heavy (non-hydrogen) atoms. The van der Waals surface area contributed by atoms with E-state index in [1.165, 1.54) is 34.1 Å². The van der Waals surface area contributed by atoms with Crippen LogP contribution in [-0.2, 0) is 17.4 Å². The number of hydrogen-bond acceptors (Lipinski definition) is 3. The summed E-state index contributed by atoms with van der Waals surface area (Å²) in [6.45, 7) is 15.0. The molecule has 1 saturated heterocycles. The summed E-state index contributed by atoms with van der Waals surface area (Å²) in [6, 6.07) is 30.5. The Labute approximate surface area is 230 Å². The van der Waals surface area contributed by atoms with E-state index in [9.17, 15) is 0 Å². The van der Waals surface area contributed by atoms with Gasteiger partial charge in [-0.05, 0) is 72.3 Å². The van der Waals surface area contributed by atoms with Gasteiger partial charge in [-0.2, -0.15) is 0 Å². The Morgan fingerprint density at radius 1 is 0.868 bits per heavy atom. The van der Waals surface area contributed by atoms with Crippen molar-refractivity contribution in [3.8, 4) is 11.1 Å². The second kappa shape index (κ2) is 11.1. The highest BCUT2D eigenvalue weighted by Gasteiger charge is 2.42. The number of pyridine rings is 1. The molecular weight excluding hydrogens is 480 g/mol. The quantitative estimate of drug-likeness (QED) is 0.228. The summed E-state index contributed by atoms with van der Waals surface area (Å²) < 4.78 is 7.12. The zero-order chi connectivity index (χ0) is 26.8. The van der Waals surface area contributed by atoms with Crippen LogP contribution < -0.4 is 0 Å². The monoisotopic (exact) mass is 522 g/mol. The van der Waals surface area contributed by atoms with Gasteiger partial charge in [0.05, 0.1) is 11.6 Å². The van der Waals surface area contributed by atoms with Crippen LogP contribution in [0.15, 0.2) is 91.1 Å². The van der Waals surface area contributed by atoms with Gasteiger partial charge in [0.1, 0.15) is 0 Å². The highest BCUT2D eigenvalue weighted by Crippen LogP contribution is 2.39. The van der Waals surface area contributed by atoms with E-state index < -0.39 is 8.32 Å². The lowest BCUT2D eigenvalue weighted by molar-refractivity contribution is 0.0268. The van der Waals surface area contributed by atoms with Crippen LogP contribution in [-0.4, -0.2) is 37.4 Å². The predicted molar refractivity (Wildman–Crippen MR) is 163 cm³/mol. The maximum absolute atomic E-state index is 7.12. The number of rotatable bonds is 7. The molecule has 0 unspecified atom stereocenters. The number of para-hydroxylation sites is 1. The lowest BCUT2D eigenvalue weighted by Gasteiger charge is -2.45. The Hall–Kier alpha value is -2.79. The van der Waals surface area contributed by atoms with E-state index in [0.717, 1.165) is 31.6 Å². The third-order valence-corrected chi connectivity index (χ3v) is 13.2. The van der Waals surface area contributed by atoms with Gasteiger partial charge in [-0.1, -0.05) is 93.6 Å². The lowest BCUT2D eigenvalue weighted by Crippen LogP contribution is -2.52. The van der Waals surface area contributed by atoms with Crippen molar-refractivity contribution < 1.29 is 4.43 Å². The molecule has 5 rings (SSSR count). The number of hydrogen-bond donors (Lipinski definition) is 0. The maximum Gasteiger partial charge on any atom is 0.192 e. The maximum atomic E-state index is 7.12. The van der Waals surface area contributed by atoms with Crippen LogP contribution in [0.5, 0.6) is 0 Å². The first-order valence-corrected chi connectivity index (χ1v) is 17.0. The number of aromatic nitrogens is 1. The Bertz CT molecular complexity index is 1340. The average Bonchev–Trinajstić information content (AvgIpc) is 2.90. The highest BCUT2D eigenvalue weighted by molar-refractivity contribution is 6.74. The molecule has 0 N–H and O–H groups in total. The SMILES string of the molecule is CC(C)(C)[Si](C)(C)O[C@H]1CN(Cc2ccccc2)CC[C@@H]1Cc1ccc(-c2cnc3ccccc3c2)cc1.